The number of hydrogen-bond acceptors (Lipinski definition) is 2. The smallest absolute Gasteiger partial charge is 0.0726 e. The summed E-state index contributed by atoms with van der Waals surface area (Å²) in [6.45, 7) is 0. The van der Waals surface area contributed by atoms with Crippen molar-refractivity contribution in [1.82, 2.24) is 0 Å². The maximum absolute atomic E-state index is 2.58. The van der Waals surface area contributed by atoms with E-state index in [9.17, 15) is 0 Å². The van der Waals surface area contributed by atoms with Crippen LogP contribution >= 0.6 is 11.3 Å². The highest BCUT2D eigenvalue weighted by Crippen LogP contribution is 2.64. The third kappa shape index (κ3) is 4.83. The van der Waals surface area contributed by atoms with E-state index in [4.69, 9.17) is 0 Å². The Morgan fingerprint density at radius 3 is 1.46 bits per heavy atom. The van der Waals surface area contributed by atoms with E-state index in [0.29, 0.717) is 0 Å². The van der Waals surface area contributed by atoms with Gasteiger partial charge in [-0.25, -0.2) is 0 Å². The number of fused-ring (bicyclic) bond motifs is 15. The van der Waals surface area contributed by atoms with E-state index in [1.165, 1.54) is 103 Å². The van der Waals surface area contributed by atoms with Crippen LogP contribution < -0.4 is 4.90 Å². The molecule has 1 spiro atoms. The molecule has 0 aliphatic heterocycles. The topological polar surface area (TPSA) is 3.24 Å². The van der Waals surface area contributed by atoms with Gasteiger partial charge in [-0.3, -0.25) is 0 Å². The molecule has 2 heteroatoms. The highest BCUT2D eigenvalue weighted by atomic mass is 32.1. The number of hydrogen-bond donors (Lipinski definition) is 0. The van der Waals surface area contributed by atoms with Crippen LogP contribution in [-0.4, -0.2) is 0 Å². The molecular weight excluding hydrogens is 755 g/mol. The summed E-state index contributed by atoms with van der Waals surface area (Å²) in [5.74, 6) is 0. The first-order valence-electron chi connectivity index (χ1n) is 21.1. The van der Waals surface area contributed by atoms with Crippen LogP contribution in [0.2, 0.25) is 0 Å². The van der Waals surface area contributed by atoms with Gasteiger partial charge in [0.05, 0.1) is 11.1 Å². The predicted octanol–water partition coefficient (Wildman–Crippen LogP) is 16.4. The lowest BCUT2D eigenvalue weighted by Gasteiger charge is -2.33. The van der Waals surface area contributed by atoms with E-state index in [-0.39, 0.29) is 0 Å². The molecule has 61 heavy (non-hydrogen) atoms. The lowest BCUT2D eigenvalue weighted by molar-refractivity contribution is 0.793. The zero-order chi connectivity index (χ0) is 40.1. The van der Waals surface area contributed by atoms with Gasteiger partial charge in [-0.2, -0.15) is 0 Å². The van der Waals surface area contributed by atoms with Gasteiger partial charge < -0.3 is 4.90 Å². The number of benzene rings is 10. The van der Waals surface area contributed by atoms with Gasteiger partial charge in [-0.1, -0.05) is 194 Å². The maximum atomic E-state index is 2.58. The first-order valence-corrected chi connectivity index (χ1v) is 21.9. The zero-order valence-electron chi connectivity index (χ0n) is 33.2. The van der Waals surface area contributed by atoms with Crippen LogP contribution in [0.15, 0.2) is 224 Å². The van der Waals surface area contributed by atoms with Crippen LogP contribution in [0.3, 0.4) is 0 Å². The molecule has 0 fully saturated rings. The van der Waals surface area contributed by atoms with E-state index in [1.54, 1.807) is 0 Å². The van der Waals surface area contributed by atoms with Crippen molar-refractivity contribution in [3.05, 3.63) is 247 Å². The molecule has 1 nitrogen and oxygen atoms in total. The van der Waals surface area contributed by atoms with Crippen molar-refractivity contribution in [2.45, 2.75) is 5.41 Å². The molecule has 2 aliphatic carbocycles. The normalized spacial score (nSPS) is 13.0. The minimum absolute atomic E-state index is 0.464. The second kappa shape index (κ2) is 13.2. The molecule has 0 bridgehead atoms. The summed E-state index contributed by atoms with van der Waals surface area (Å²) in [7, 11) is 0. The zero-order valence-corrected chi connectivity index (χ0v) is 34.0. The largest absolute Gasteiger partial charge is 0.309 e. The van der Waals surface area contributed by atoms with Gasteiger partial charge in [-0.15, -0.1) is 11.3 Å². The van der Waals surface area contributed by atoms with E-state index in [1.807, 2.05) is 11.3 Å². The third-order valence-electron chi connectivity index (χ3n) is 13.3. The predicted molar refractivity (Wildman–Crippen MR) is 259 cm³/mol. The first-order chi connectivity index (χ1) is 30.3. The van der Waals surface area contributed by atoms with Crippen LogP contribution in [0.25, 0.3) is 75.5 Å². The average molecular weight is 792 g/mol. The van der Waals surface area contributed by atoms with Crippen LogP contribution in [0.1, 0.15) is 22.3 Å². The molecule has 0 amide bonds. The van der Waals surface area contributed by atoms with Crippen molar-refractivity contribution in [1.29, 1.82) is 0 Å². The molecule has 0 N–H and O–H groups in total. The summed E-state index contributed by atoms with van der Waals surface area (Å²) >= 11 is 1.90. The summed E-state index contributed by atoms with van der Waals surface area (Å²) in [5, 5.41) is 5.08. The highest BCUT2D eigenvalue weighted by Gasteiger charge is 2.51. The van der Waals surface area contributed by atoms with Crippen molar-refractivity contribution in [3.63, 3.8) is 0 Å². The lowest BCUT2D eigenvalue weighted by Crippen LogP contribution is -2.26. The molecule has 13 rings (SSSR count). The Morgan fingerprint density at radius 1 is 0.344 bits per heavy atom. The SMILES string of the molecule is c1ccc(-c2ccc(N(c3ccc4c(c3)C3(c5ccccc5-c5ccccc53)c3ccccc3-4)c3c(-c4ccccc4)c4ccccc4c4sc5ccccc5c34)cc2)cc1. The van der Waals surface area contributed by atoms with E-state index < -0.39 is 5.41 Å². The van der Waals surface area contributed by atoms with Crippen molar-refractivity contribution < 1.29 is 0 Å². The van der Waals surface area contributed by atoms with Gasteiger partial charge >= 0.3 is 0 Å². The minimum atomic E-state index is -0.464. The Bertz CT molecular complexity index is 3460. The van der Waals surface area contributed by atoms with Gasteiger partial charge in [0.1, 0.15) is 0 Å². The van der Waals surface area contributed by atoms with Crippen molar-refractivity contribution >= 4 is 59.3 Å². The van der Waals surface area contributed by atoms with Gasteiger partial charge in [0.15, 0.2) is 0 Å². The van der Waals surface area contributed by atoms with Crippen LogP contribution in [-0.2, 0) is 5.41 Å². The quantitative estimate of drug-likeness (QED) is 0.168. The number of nitrogens with zero attached hydrogens (tertiary/aromatic N) is 1. The van der Waals surface area contributed by atoms with Gasteiger partial charge in [0.25, 0.3) is 0 Å². The van der Waals surface area contributed by atoms with Crippen molar-refractivity contribution in [3.8, 4) is 44.5 Å². The molecule has 2 aliphatic rings. The van der Waals surface area contributed by atoms with E-state index in [0.717, 1.165) is 11.4 Å². The Balaban J connectivity index is 1.17. The second-order valence-corrected chi connectivity index (χ2v) is 17.4. The molecule has 284 valence electrons. The minimum Gasteiger partial charge on any atom is -0.309 e. The molecule has 1 aromatic heterocycles. The fourth-order valence-electron chi connectivity index (χ4n) is 10.8. The first kappa shape index (κ1) is 34.4. The number of anilines is 3. The van der Waals surface area contributed by atoms with Crippen molar-refractivity contribution in [2.75, 3.05) is 4.90 Å². The van der Waals surface area contributed by atoms with Gasteiger partial charge in [-0.05, 0) is 96.9 Å². The molecular formula is C59H37NS. The average Bonchev–Trinajstić information content (AvgIpc) is 3.97. The third-order valence-corrected chi connectivity index (χ3v) is 14.5. The Hall–Kier alpha value is -7.52. The summed E-state index contributed by atoms with van der Waals surface area (Å²) in [6, 6.07) is 83.6. The van der Waals surface area contributed by atoms with Crippen LogP contribution in [0, 0.1) is 0 Å². The van der Waals surface area contributed by atoms with E-state index in [2.05, 4.69) is 229 Å². The number of thiophene rings is 1. The fourth-order valence-corrected chi connectivity index (χ4v) is 12.0. The van der Waals surface area contributed by atoms with Gasteiger partial charge in [0, 0.05) is 42.5 Å². The number of rotatable bonds is 5. The summed E-state index contributed by atoms with van der Waals surface area (Å²) < 4.78 is 2.59. The summed E-state index contributed by atoms with van der Waals surface area (Å²) in [5.41, 5.74) is 18.4. The van der Waals surface area contributed by atoms with E-state index >= 15 is 0 Å². The molecule has 0 atom stereocenters. The van der Waals surface area contributed by atoms with Crippen molar-refractivity contribution in [2.24, 2.45) is 0 Å². The maximum Gasteiger partial charge on any atom is 0.0726 e. The Kier molecular flexibility index (Phi) is 7.46. The second-order valence-electron chi connectivity index (χ2n) is 16.3. The summed E-state index contributed by atoms with van der Waals surface area (Å²) in [4.78, 5) is 2.58. The van der Waals surface area contributed by atoms with Crippen LogP contribution in [0.4, 0.5) is 17.1 Å². The van der Waals surface area contributed by atoms with Crippen LogP contribution in [0.5, 0.6) is 0 Å². The molecule has 10 aromatic carbocycles. The molecule has 0 radical (unpaired) electrons. The molecule has 1 heterocycles. The molecule has 0 saturated heterocycles. The molecule has 0 unspecified atom stereocenters. The standard InChI is InChI=1S/C59H37NS/c1-3-17-38(18-4-1)39-31-33-41(34-32-39)60(57-55(40-19-5-2-6-20-40)47-24-7-8-25-48(47)58-56(57)49-26-12-16-30-54(49)61-58)42-35-36-46-45-23-11-15-29-52(45)59(53(46)37-42)50-27-13-9-21-43(50)44-22-10-14-28-51(44)59/h1-37H. The van der Waals surface area contributed by atoms with Gasteiger partial charge in [0.2, 0.25) is 0 Å². The Morgan fingerprint density at radius 2 is 0.820 bits per heavy atom. The monoisotopic (exact) mass is 791 g/mol. The highest BCUT2D eigenvalue weighted by molar-refractivity contribution is 7.26. The summed E-state index contributed by atoms with van der Waals surface area (Å²) in [6.07, 6.45) is 0. The lowest BCUT2D eigenvalue weighted by atomic mass is 9.70. The fraction of sp³-hybridized carbons (Fsp3) is 0.0169. The molecule has 11 aromatic rings. The Labute approximate surface area is 359 Å². The molecule has 0 saturated carbocycles.